The zero-order valence-corrected chi connectivity index (χ0v) is 12.6. The number of hydrogen-bond acceptors (Lipinski definition) is 4. The molecule has 0 bridgehead atoms. The van der Waals surface area contributed by atoms with Gasteiger partial charge in [0.1, 0.15) is 0 Å². The zero-order valence-electron chi connectivity index (χ0n) is 11.1. The van der Waals surface area contributed by atoms with Crippen molar-refractivity contribution in [2.75, 3.05) is 20.3 Å². The van der Waals surface area contributed by atoms with Gasteiger partial charge in [0.25, 0.3) is 0 Å². The second-order valence-electron chi connectivity index (χ2n) is 4.17. The van der Waals surface area contributed by atoms with Gasteiger partial charge < -0.3 is 10.1 Å². The van der Waals surface area contributed by atoms with Gasteiger partial charge in [-0.25, -0.2) is 9.67 Å². The minimum Gasteiger partial charge on any atom is -0.383 e. The Bertz CT molecular complexity index is 524. The third-order valence-electron chi connectivity index (χ3n) is 2.84. The summed E-state index contributed by atoms with van der Waals surface area (Å²) < 4.78 is 7.81. The van der Waals surface area contributed by atoms with Crippen LogP contribution < -0.4 is 5.32 Å². The van der Waals surface area contributed by atoms with Gasteiger partial charge >= 0.3 is 0 Å². The molecule has 0 amide bonds. The first-order chi connectivity index (χ1) is 9.22. The van der Waals surface area contributed by atoms with Crippen LogP contribution in [0.15, 0.2) is 29.0 Å². The summed E-state index contributed by atoms with van der Waals surface area (Å²) in [5.41, 5.74) is 2.26. The number of nitrogens with zero attached hydrogens (tertiary/aromatic N) is 3. The van der Waals surface area contributed by atoms with Crippen molar-refractivity contribution in [2.45, 2.75) is 13.5 Å². The van der Waals surface area contributed by atoms with E-state index in [4.69, 9.17) is 4.74 Å². The molecule has 0 aliphatic rings. The van der Waals surface area contributed by atoms with Crippen LogP contribution in [0, 0.1) is 6.92 Å². The molecule has 2 rings (SSSR count). The lowest BCUT2D eigenvalue weighted by Gasteiger charge is -2.06. The molecule has 0 aliphatic carbocycles. The van der Waals surface area contributed by atoms with Crippen molar-refractivity contribution in [1.82, 2.24) is 20.1 Å². The molecule has 0 saturated carbocycles. The number of methoxy groups -OCH3 is 1. The number of hydrogen-bond donors (Lipinski definition) is 1. The second kappa shape index (κ2) is 6.79. The highest BCUT2D eigenvalue weighted by Crippen LogP contribution is 2.14. The van der Waals surface area contributed by atoms with E-state index in [1.807, 2.05) is 29.9 Å². The van der Waals surface area contributed by atoms with Crippen LogP contribution in [-0.2, 0) is 11.3 Å². The fourth-order valence-electron chi connectivity index (χ4n) is 1.74. The van der Waals surface area contributed by atoms with Crippen LogP contribution in [0.1, 0.15) is 11.3 Å². The number of aromatic nitrogens is 3. The van der Waals surface area contributed by atoms with E-state index in [2.05, 4.69) is 31.3 Å². The van der Waals surface area contributed by atoms with Crippen molar-refractivity contribution in [3.8, 4) is 5.82 Å². The van der Waals surface area contributed by atoms with Crippen LogP contribution in [0.5, 0.6) is 0 Å². The van der Waals surface area contributed by atoms with Gasteiger partial charge in [-0.3, -0.25) is 0 Å². The molecule has 0 fully saturated rings. The summed E-state index contributed by atoms with van der Waals surface area (Å²) in [5, 5.41) is 7.69. The topological polar surface area (TPSA) is 52.0 Å². The molecule has 0 atom stereocenters. The molecule has 6 heteroatoms. The van der Waals surface area contributed by atoms with Gasteiger partial charge in [-0.05, 0) is 35.0 Å². The molecule has 0 aromatic carbocycles. The first kappa shape index (κ1) is 14.2. The Morgan fingerprint density at radius 2 is 2.21 bits per heavy atom. The van der Waals surface area contributed by atoms with E-state index < -0.39 is 0 Å². The number of halogens is 1. The van der Waals surface area contributed by atoms with Gasteiger partial charge in [-0.15, -0.1) is 0 Å². The van der Waals surface area contributed by atoms with Crippen molar-refractivity contribution >= 4 is 15.9 Å². The molecule has 102 valence electrons. The zero-order chi connectivity index (χ0) is 13.7. The predicted molar refractivity (Wildman–Crippen MR) is 77.4 cm³/mol. The van der Waals surface area contributed by atoms with Crippen LogP contribution >= 0.6 is 15.9 Å². The monoisotopic (exact) mass is 324 g/mol. The predicted octanol–water partition coefficient (Wildman–Crippen LogP) is 2.07. The Kier molecular flexibility index (Phi) is 5.07. The van der Waals surface area contributed by atoms with E-state index in [1.54, 1.807) is 13.3 Å². The lowest BCUT2D eigenvalue weighted by Crippen LogP contribution is -2.18. The van der Waals surface area contributed by atoms with Gasteiger partial charge in [0.05, 0.1) is 12.8 Å². The molecule has 2 aromatic heterocycles. The van der Waals surface area contributed by atoms with E-state index in [1.165, 1.54) is 5.56 Å². The molecule has 19 heavy (non-hydrogen) atoms. The first-order valence-corrected chi connectivity index (χ1v) is 6.86. The van der Waals surface area contributed by atoms with Crippen molar-refractivity contribution in [3.05, 3.63) is 40.3 Å². The smallest absolute Gasteiger partial charge is 0.153 e. The van der Waals surface area contributed by atoms with Crippen LogP contribution in [0.4, 0.5) is 0 Å². The minimum absolute atomic E-state index is 0.710. The summed E-state index contributed by atoms with van der Waals surface area (Å²) in [5.74, 6) is 0.823. The highest BCUT2D eigenvalue weighted by molar-refractivity contribution is 9.10. The summed E-state index contributed by atoms with van der Waals surface area (Å²) in [7, 11) is 1.70. The summed E-state index contributed by atoms with van der Waals surface area (Å²) in [4.78, 5) is 4.35. The molecule has 2 heterocycles. The average molecular weight is 325 g/mol. The SMILES string of the molecule is COCCNCc1cnn(-c2ccc(Br)cn2)c1C. The van der Waals surface area contributed by atoms with E-state index in [9.17, 15) is 0 Å². The summed E-state index contributed by atoms with van der Waals surface area (Å²) in [6, 6.07) is 3.90. The van der Waals surface area contributed by atoms with Crippen LogP contribution in [0.3, 0.4) is 0 Å². The third kappa shape index (κ3) is 3.62. The molecule has 1 N–H and O–H groups in total. The van der Waals surface area contributed by atoms with E-state index >= 15 is 0 Å². The van der Waals surface area contributed by atoms with Gasteiger partial charge in [-0.1, -0.05) is 0 Å². The number of rotatable bonds is 6. The Hall–Kier alpha value is -1.24. The number of pyridine rings is 1. The highest BCUT2D eigenvalue weighted by atomic mass is 79.9. The molecule has 0 unspecified atom stereocenters. The van der Waals surface area contributed by atoms with Crippen molar-refractivity contribution in [3.63, 3.8) is 0 Å². The standard InChI is InChI=1S/C13H17BrN4O/c1-10-11(7-15-5-6-19-2)8-17-18(10)13-4-3-12(14)9-16-13/h3-4,8-9,15H,5-7H2,1-2H3. The minimum atomic E-state index is 0.710. The highest BCUT2D eigenvalue weighted by Gasteiger charge is 2.08. The lowest BCUT2D eigenvalue weighted by molar-refractivity contribution is 0.199. The van der Waals surface area contributed by atoms with Gasteiger partial charge in [0.15, 0.2) is 5.82 Å². The summed E-state index contributed by atoms with van der Waals surface area (Å²) in [6.45, 7) is 4.37. The average Bonchev–Trinajstić information content (AvgIpc) is 2.77. The lowest BCUT2D eigenvalue weighted by atomic mass is 10.2. The molecular weight excluding hydrogens is 308 g/mol. The Balaban J connectivity index is 2.07. The summed E-state index contributed by atoms with van der Waals surface area (Å²) in [6.07, 6.45) is 3.64. The van der Waals surface area contributed by atoms with Crippen LogP contribution in [-0.4, -0.2) is 35.0 Å². The van der Waals surface area contributed by atoms with Gasteiger partial charge in [0.2, 0.25) is 0 Å². The first-order valence-electron chi connectivity index (χ1n) is 6.07. The molecule has 0 aliphatic heterocycles. The molecular formula is C13H17BrN4O. The molecule has 2 aromatic rings. The quantitative estimate of drug-likeness (QED) is 0.826. The Morgan fingerprint density at radius 3 is 2.89 bits per heavy atom. The Labute approximate surface area is 121 Å². The second-order valence-corrected chi connectivity index (χ2v) is 5.09. The van der Waals surface area contributed by atoms with E-state index in [0.717, 1.165) is 29.1 Å². The Morgan fingerprint density at radius 1 is 1.37 bits per heavy atom. The fourth-order valence-corrected chi connectivity index (χ4v) is 1.97. The van der Waals surface area contributed by atoms with E-state index in [-0.39, 0.29) is 0 Å². The maximum absolute atomic E-state index is 5.00. The molecule has 5 nitrogen and oxygen atoms in total. The molecule has 0 radical (unpaired) electrons. The van der Waals surface area contributed by atoms with Crippen molar-refractivity contribution < 1.29 is 4.74 Å². The number of nitrogens with one attached hydrogen (secondary N) is 1. The number of ether oxygens (including phenoxy) is 1. The van der Waals surface area contributed by atoms with Gasteiger partial charge in [-0.2, -0.15) is 5.10 Å². The van der Waals surface area contributed by atoms with Gasteiger partial charge in [0, 0.05) is 42.1 Å². The summed E-state index contributed by atoms with van der Waals surface area (Å²) >= 11 is 3.38. The maximum atomic E-state index is 5.00. The van der Waals surface area contributed by atoms with Crippen LogP contribution in [0.2, 0.25) is 0 Å². The maximum Gasteiger partial charge on any atom is 0.153 e. The largest absolute Gasteiger partial charge is 0.383 e. The van der Waals surface area contributed by atoms with Crippen molar-refractivity contribution in [2.24, 2.45) is 0 Å². The van der Waals surface area contributed by atoms with Crippen LogP contribution in [0.25, 0.3) is 5.82 Å². The van der Waals surface area contributed by atoms with E-state index in [0.29, 0.717) is 6.61 Å². The molecule has 0 spiro atoms. The molecule has 0 saturated heterocycles. The van der Waals surface area contributed by atoms with Crippen molar-refractivity contribution in [1.29, 1.82) is 0 Å². The third-order valence-corrected chi connectivity index (χ3v) is 3.31. The fraction of sp³-hybridized carbons (Fsp3) is 0.385. The normalized spacial score (nSPS) is 10.9.